The predicted octanol–water partition coefficient (Wildman–Crippen LogP) is 3.53. The van der Waals surface area contributed by atoms with Crippen molar-refractivity contribution >= 4 is 17.5 Å². The highest BCUT2D eigenvalue weighted by atomic mass is 19.1. The highest BCUT2D eigenvalue weighted by Crippen LogP contribution is 2.44. The summed E-state index contributed by atoms with van der Waals surface area (Å²) < 4.78 is 27.2. The number of hydrogen-bond donors (Lipinski definition) is 0. The molecule has 0 bridgehead atoms. The highest BCUT2D eigenvalue weighted by molar-refractivity contribution is 6.22. The van der Waals surface area contributed by atoms with Crippen LogP contribution in [0, 0.1) is 23.5 Å². The minimum atomic E-state index is -0.653. The Morgan fingerprint density at radius 1 is 1.00 bits per heavy atom. The van der Waals surface area contributed by atoms with Crippen LogP contribution in [0.2, 0.25) is 0 Å². The van der Waals surface area contributed by atoms with E-state index in [0.717, 1.165) is 6.07 Å². The Balaban J connectivity index is 1.66. The molecule has 2 amide bonds. The van der Waals surface area contributed by atoms with Crippen molar-refractivity contribution in [3.05, 3.63) is 78.4 Å². The fourth-order valence-corrected chi connectivity index (χ4v) is 4.54. The van der Waals surface area contributed by atoms with Crippen LogP contribution in [0.5, 0.6) is 0 Å². The molecule has 2 saturated heterocycles. The van der Waals surface area contributed by atoms with Gasteiger partial charge in [-0.05, 0) is 36.8 Å². The van der Waals surface area contributed by atoms with Crippen molar-refractivity contribution in [2.45, 2.75) is 25.6 Å². The maximum absolute atomic E-state index is 13.6. The third kappa shape index (κ3) is 2.85. The molecule has 2 aliphatic rings. The molecule has 0 radical (unpaired) electrons. The highest BCUT2D eigenvalue weighted by Gasteiger charge is 2.60. The molecule has 0 saturated carbocycles. The van der Waals surface area contributed by atoms with Gasteiger partial charge in [0.15, 0.2) is 0 Å². The molecule has 0 aliphatic carbocycles. The van der Waals surface area contributed by atoms with Crippen LogP contribution in [-0.2, 0) is 16.1 Å². The van der Waals surface area contributed by atoms with Crippen molar-refractivity contribution in [3.8, 4) is 0 Å². The van der Waals surface area contributed by atoms with E-state index in [2.05, 4.69) is 6.58 Å². The number of para-hydroxylation sites is 1. The Morgan fingerprint density at radius 2 is 1.61 bits per heavy atom. The van der Waals surface area contributed by atoms with Gasteiger partial charge in [-0.25, -0.2) is 13.7 Å². The van der Waals surface area contributed by atoms with Gasteiger partial charge in [-0.1, -0.05) is 24.3 Å². The maximum atomic E-state index is 13.6. The van der Waals surface area contributed by atoms with E-state index in [1.54, 1.807) is 30.3 Å². The van der Waals surface area contributed by atoms with Gasteiger partial charge in [-0.3, -0.25) is 14.5 Å². The second-order valence-electron chi connectivity index (χ2n) is 7.32. The number of nitrogens with zero attached hydrogens (tertiary/aromatic N) is 2. The Hall–Kier alpha value is -2.86. The lowest BCUT2D eigenvalue weighted by Gasteiger charge is -2.30. The minimum Gasteiger partial charge on any atom is -0.288 e. The molecule has 4 atom stereocenters. The van der Waals surface area contributed by atoms with Gasteiger partial charge in [0.2, 0.25) is 11.8 Å². The predicted molar refractivity (Wildman–Crippen MR) is 101 cm³/mol. The summed E-state index contributed by atoms with van der Waals surface area (Å²) in [5.41, 5.74) is 1.01. The number of carbonyl (C=O) groups excluding carboxylic acids is 2. The second-order valence-corrected chi connectivity index (χ2v) is 7.32. The van der Waals surface area contributed by atoms with Crippen molar-refractivity contribution in [1.29, 1.82) is 0 Å². The first kappa shape index (κ1) is 18.5. The summed E-state index contributed by atoms with van der Waals surface area (Å²) in [5, 5.41) is 0. The van der Waals surface area contributed by atoms with Crippen LogP contribution in [0.1, 0.15) is 12.5 Å². The number of imide groups is 1. The summed E-state index contributed by atoms with van der Waals surface area (Å²) in [4.78, 5) is 29.4. The topological polar surface area (TPSA) is 40.6 Å². The summed E-state index contributed by atoms with van der Waals surface area (Å²) in [6.07, 6.45) is 1.65. The summed E-state index contributed by atoms with van der Waals surface area (Å²) in [5.74, 6) is -2.88. The molecule has 4 unspecified atom stereocenters. The molecule has 2 aromatic rings. The van der Waals surface area contributed by atoms with Gasteiger partial charge in [-0.2, -0.15) is 0 Å². The van der Waals surface area contributed by atoms with Gasteiger partial charge in [0.05, 0.1) is 17.5 Å². The fourth-order valence-electron chi connectivity index (χ4n) is 4.54. The maximum Gasteiger partial charge on any atom is 0.239 e. The number of carbonyl (C=O) groups is 2. The number of halogens is 2. The van der Waals surface area contributed by atoms with Crippen LogP contribution >= 0.6 is 0 Å². The number of likely N-dealkylation sites (tertiary alicyclic amines) is 1. The normalized spacial score (nSPS) is 27.3. The zero-order valence-corrected chi connectivity index (χ0v) is 15.4. The van der Waals surface area contributed by atoms with Crippen molar-refractivity contribution in [1.82, 2.24) is 4.90 Å². The lowest BCUT2D eigenvalue weighted by atomic mass is 9.90. The molecule has 0 aromatic heterocycles. The lowest BCUT2D eigenvalue weighted by Crippen LogP contribution is -2.42. The molecule has 2 aromatic carbocycles. The van der Waals surface area contributed by atoms with Crippen molar-refractivity contribution in [3.63, 3.8) is 0 Å². The summed E-state index contributed by atoms with van der Waals surface area (Å²) in [6, 6.07) is 11.5. The first-order chi connectivity index (χ1) is 13.4. The minimum absolute atomic E-state index is 0.228. The van der Waals surface area contributed by atoms with Crippen LogP contribution < -0.4 is 4.90 Å². The number of anilines is 1. The van der Waals surface area contributed by atoms with Gasteiger partial charge in [-0.15, -0.1) is 6.58 Å². The average molecular weight is 382 g/mol. The van der Waals surface area contributed by atoms with E-state index in [9.17, 15) is 18.4 Å². The quantitative estimate of drug-likeness (QED) is 0.600. The standard InChI is InChI=1S/C22H20F2N2O2/c1-3-18-20-19(21(27)26(22(20)28)17-7-5-4-6-8-17)13(2)25(18)12-14-9-15(23)11-16(24)10-14/h3-11,13,18-20H,1,12H2,2H3. The SMILES string of the molecule is C=CC1C2C(=O)N(c3ccccc3)C(=O)C2C(C)N1Cc1cc(F)cc(F)c1. The molecular formula is C22H20F2N2O2. The van der Waals surface area contributed by atoms with Crippen molar-refractivity contribution in [2.75, 3.05) is 4.90 Å². The van der Waals surface area contributed by atoms with Crippen LogP contribution in [0.4, 0.5) is 14.5 Å². The molecule has 2 fully saturated rings. The van der Waals surface area contributed by atoms with Crippen LogP contribution in [0.3, 0.4) is 0 Å². The number of fused-ring (bicyclic) bond motifs is 1. The van der Waals surface area contributed by atoms with Crippen LogP contribution in [-0.4, -0.2) is 28.8 Å². The van der Waals surface area contributed by atoms with Gasteiger partial charge < -0.3 is 0 Å². The number of hydrogen-bond acceptors (Lipinski definition) is 3. The van der Waals surface area contributed by atoms with E-state index in [4.69, 9.17) is 0 Å². The Morgan fingerprint density at radius 3 is 2.21 bits per heavy atom. The monoisotopic (exact) mass is 382 g/mol. The molecule has 28 heavy (non-hydrogen) atoms. The van der Waals surface area contributed by atoms with Gasteiger partial charge in [0.25, 0.3) is 0 Å². The van der Waals surface area contributed by atoms with E-state index in [-0.39, 0.29) is 24.4 Å². The average Bonchev–Trinajstić information content (AvgIpc) is 3.07. The largest absolute Gasteiger partial charge is 0.288 e. The summed E-state index contributed by atoms with van der Waals surface area (Å²) in [6.45, 7) is 5.95. The Labute approximate surface area is 162 Å². The molecule has 4 rings (SSSR count). The lowest BCUT2D eigenvalue weighted by molar-refractivity contribution is -0.123. The molecule has 6 heteroatoms. The first-order valence-electron chi connectivity index (χ1n) is 9.18. The first-order valence-corrected chi connectivity index (χ1v) is 9.18. The van der Waals surface area contributed by atoms with E-state index < -0.39 is 29.5 Å². The fraction of sp³-hybridized carbons (Fsp3) is 0.273. The van der Waals surface area contributed by atoms with E-state index in [1.807, 2.05) is 17.9 Å². The summed E-state index contributed by atoms with van der Waals surface area (Å²) >= 11 is 0. The molecule has 2 heterocycles. The molecular weight excluding hydrogens is 362 g/mol. The van der Waals surface area contributed by atoms with Gasteiger partial charge in [0.1, 0.15) is 11.6 Å². The third-order valence-corrected chi connectivity index (χ3v) is 5.74. The van der Waals surface area contributed by atoms with E-state index >= 15 is 0 Å². The second kappa shape index (κ2) is 6.95. The zero-order valence-electron chi connectivity index (χ0n) is 15.4. The molecule has 2 aliphatic heterocycles. The van der Waals surface area contributed by atoms with Gasteiger partial charge in [0, 0.05) is 24.7 Å². The van der Waals surface area contributed by atoms with Crippen molar-refractivity contribution in [2.24, 2.45) is 11.8 Å². The van der Waals surface area contributed by atoms with Crippen LogP contribution in [0.15, 0.2) is 61.2 Å². The summed E-state index contributed by atoms with van der Waals surface area (Å²) in [7, 11) is 0. The number of amides is 2. The number of benzene rings is 2. The number of rotatable bonds is 4. The molecule has 0 spiro atoms. The molecule has 4 nitrogen and oxygen atoms in total. The van der Waals surface area contributed by atoms with Crippen molar-refractivity contribution < 1.29 is 18.4 Å². The van der Waals surface area contributed by atoms with E-state index in [0.29, 0.717) is 11.3 Å². The Kier molecular flexibility index (Phi) is 4.59. The molecule has 0 N–H and O–H groups in total. The van der Waals surface area contributed by atoms with E-state index in [1.165, 1.54) is 17.0 Å². The Bertz CT molecular complexity index is 927. The zero-order chi connectivity index (χ0) is 20.0. The molecule has 144 valence electrons. The smallest absolute Gasteiger partial charge is 0.239 e. The third-order valence-electron chi connectivity index (χ3n) is 5.74. The van der Waals surface area contributed by atoms with Gasteiger partial charge >= 0.3 is 0 Å². The van der Waals surface area contributed by atoms with Crippen LogP contribution in [0.25, 0.3) is 0 Å².